The lowest BCUT2D eigenvalue weighted by Crippen LogP contribution is -2.31. The van der Waals surface area contributed by atoms with Crippen LogP contribution in [0.4, 0.5) is 10.5 Å². The van der Waals surface area contributed by atoms with E-state index in [2.05, 4.69) is 10.6 Å². The zero-order valence-corrected chi connectivity index (χ0v) is 13.4. The number of nitrogens with one attached hydrogen (secondary N) is 2. The largest absolute Gasteiger partial charge is 0.494 e. The number of ether oxygens (including phenoxy) is 1. The van der Waals surface area contributed by atoms with E-state index in [0.717, 1.165) is 11.3 Å². The molecular weight excluding hydrogens is 300 g/mol. The van der Waals surface area contributed by atoms with Crippen molar-refractivity contribution in [1.82, 2.24) is 5.32 Å². The van der Waals surface area contributed by atoms with E-state index in [0.29, 0.717) is 17.3 Å². The molecule has 0 heterocycles. The number of anilines is 1. The topological polar surface area (TPSA) is 50.4 Å². The number of rotatable bonds is 5. The second kappa shape index (κ2) is 7.71. The minimum Gasteiger partial charge on any atom is -0.494 e. The Morgan fingerprint density at radius 2 is 1.95 bits per heavy atom. The van der Waals surface area contributed by atoms with E-state index in [1.807, 2.05) is 44.2 Å². The summed E-state index contributed by atoms with van der Waals surface area (Å²) in [4.78, 5) is 12.0. The molecular formula is C17H19ClN2O2. The molecule has 0 spiro atoms. The standard InChI is InChI=1S/C17H19ClN2O2/c1-3-22-16-6-4-5-15(11-16)20-17(21)19-12(2)13-7-9-14(18)10-8-13/h4-12H,3H2,1-2H3,(H2,19,20,21). The second-order valence-electron chi connectivity index (χ2n) is 4.83. The molecule has 0 bridgehead atoms. The molecule has 116 valence electrons. The lowest BCUT2D eigenvalue weighted by atomic mass is 10.1. The summed E-state index contributed by atoms with van der Waals surface area (Å²) >= 11 is 5.86. The van der Waals surface area contributed by atoms with Gasteiger partial charge in [-0.05, 0) is 43.7 Å². The number of halogens is 1. The molecule has 1 unspecified atom stereocenters. The Morgan fingerprint density at radius 3 is 2.64 bits per heavy atom. The molecule has 0 aliphatic carbocycles. The third kappa shape index (κ3) is 4.67. The minimum atomic E-state index is -0.268. The number of amides is 2. The molecule has 0 saturated heterocycles. The van der Waals surface area contributed by atoms with Gasteiger partial charge in [-0.25, -0.2) is 4.79 Å². The first-order chi connectivity index (χ1) is 10.6. The van der Waals surface area contributed by atoms with Crippen LogP contribution in [0.25, 0.3) is 0 Å². The highest BCUT2D eigenvalue weighted by Crippen LogP contribution is 2.18. The van der Waals surface area contributed by atoms with Gasteiger partial charge in [0.05, 0.1) is 12.6 Å². The van der Waals surface area contributed by atoms with Crippen molar-refractivity contribution in [3.63, 3.8) is 0 Å². The molecule has 0 aliphatic rings. The van der Waals surface area contributed by atoms with Crippen LogP contribution in [0.5, 0.6) is 5.75 Å². The van der Waals surface area contributed by atoms with E-state index in [1.54, 1.807) is 18.2 Å². The number of carbonyl (C=O) groups is 1. The van der Waals surface area contributed by atoms with E-state index < -0.39 is 0 Å². The van der Waals surface area contributed by atoms with Gasteiger partial charge in [0.1, 0.15) is 5.75 Å². The van der Waals surface area contributed by atoms with Crippen molar-refractivity contribution in [2.24, 2.45) is 0 Å². The van der Waals surface area contributed by atoms with E-state index in [1.165, 1.54) is 0 Å². The van der Waals surface area contributed by atoms with Gasteiger partial charge in [0.15, 0.2) is 0 Å². The number of hydrogen-bond acceptors (Lipinski definition) is 2. The molecule has 22 heavy (non-hydrogen) atoms. The Morgan fingerprint density at radius 1 is 1.23 bits per heavy atom. The average molecular weight is 319 g/mol. The van der Waals surface area contributed by atoms with Crippen molar-refractivity contribution in [3.05, 3.63) is 59.1 Å². The molecule has 2 aromatic carbocycles. The Bertz CT molecular complexity index is 629. The van der Waals surface area contributed by atoms with Crippen LogP contribution in [-0.2, 0) is 0 Å². The number of carbonyl (C=O) groups excluding carboxylic acids is 1. The van der Waals surface area contributed by atoms with Crippen LogP contribution in [0.3, 0.4) is 0 Å². The Hall–Kier alpha value is -2.20. The van der Waals surface area contributed by atoms with Crippen LogP contribution < -0.4 is 15.4 Å². The lowest BCUT2D eigenvalue weighted by Gasteiger charge is -2.15. The molecule has 0 aromatic heterocycles. The summed E-state index contributed by atoms with van der Waals surface area (Å²) in [6.07, 6.45) is 0. The molecule has 0 saturated carbocycles. The van der Waals surface area contributed by atoms with Crippen molar-refractivity contribution in [1.29, 1.82) is 0 Å². The molecule has 2 amide bonds. The highest BCUT2D eigenvalue weighted by atomic mass is 35.5. The van der Waals surface area contributed by atoms with Gasteiger partial charge in [-0.15, -0.1) is 0 Å². The monoisotopic (exact) mass is 318 g/mol. The first-order valence-corrected chi connectivity index (χ1v) is 7.52. The molecule has 0 aliphatic heterocycles. The van der Waals surface area contributed by atoms with Gasteiger partial charge in [0.25, 0.3) is 0 Å². The van der Waals surface area contributed by atoms with Crippen molar-refractivity contribution < 1.29 is 9.53 Å². The summed E-state index contributed by atoms with van der Waals surface area (Å²) in [7, 11) is 0. The van der Waals surface area contributed by atoms with Crippen LogP contribution in [-0.4, -0.2) is 12.6 Å². The summed E-state index contributed by atoms with van der Waals surface area (Å²) in [5, 5.41) is 6.35. The molecule has 2 rings (SSSR count). The zero-order valence-electron chi connectivity index (χ0n) is 12.6. The van der Waals surface area contributed by atoms with Gasteiger partial charge in [-0.2, -0.15) is 0 Å². The fourth-order valence-corrected chi connectivity index (χ4v) is 2.15. The highest BCUT2D eigenvalue weighted by molar-refractivity contribution is 6.30. The number of urea groups is 1. The highest BCUT2D eigenvalue weighted by Gasteiger charge is 2.09. The normalized spacial score (nSPS) is 11.6. The third-order valence-corrected chi connectivity index (χ3v) is 3.37. The summed E-state index contributed by atoms with van der Waals surface area (Å²) in [6, 6.07) is 14.3. The van der Waals surface area contributed by atoms with Crippen molar-refractivity contribution >= 4 is 23.3 Å². The number of hydrogen-bond donors (Lipinski definition) is 2. The molecule has 1 atom stereocenters. The average Bonchev–Trinajstić information content (AvgIpc) is 2.48. The first kappa shape index (κ1) is 16.2. The summed E-state index contributed by atoms with van der Waals surface area (Å²) in [5.41, 5.74) is 1.68. The summed E-state index contributed by atoms with van der Waals surface area (Å²) in [6.45, 7) is 4.42. The van der Waals surface area contributed by atoms with E-state index in [4.69, 9.17) is 16.3 Å². The van der Waals surface area contributed by atoms with Crippen molar-refractivity contribution in [2.75, 3.05) is 11.9 Å². The maximum atomic E-state index is 12.0. The van der Waals surface area contributed by atoms with Gasteiger partial charge in [-0.1, -0.05) is 29.8 Å². The quantitative estimate of drug-likeness (QED) is 0.845. The van der Waals surface area contributed by atoms with Crippen LogP contribution in [0.1, 0.15) is 25.5 Å². The molecule has 2 aromatic rings. The number of benzene rings is 2. The third-order valence-electron chi connectivity index (χ3n) is 3.12. The lowest BCUT2D eigenvalue weighted by molar-refractivity contribution is 0.249. The predicted molar refractivity (Wildman–Crippen MR) is 89.6 cm³/mol. The van der Waals surface area contributed by atoms with Crippen molar-refractivity contribution in [2.45, 2.75) is 19.9 Å². The minimum absolute atomic E-state index is 0.118. The maximum Gasteiger partial charge on any atom is 0.319 e. The van der Waals surface area contributed by atoms with Gasteiger partial charge in [0, 0.05) is 16.8 Å². The fraction of sp³-hybridized carbons (Fsp3) is 0.235. The maximum absolute atomic E-state index is 12.0. The summed E-state index contributed by atoms with van der Waals surface area (Å²) in [5.74, 6) is 0.728. The van der Waals surface area contributed by atoms with Gasteiger partial charge in [-0.3, -0.25) is 0 Å². The van der Waals surface area contributed by atoms with E-state index in [9.17, 15) is 4.79 Å². The molecule has 2 N–H and O–H groups in total. The van der Waals surface area contributed by atoms with Crippen LogP contribution in [0.15, 0.2) is 48.5 Å². The Labute approximate surface area is 135 Å². The zero-order chi connectivity index (χ0) is 15.9. The van der Waals surface area contributed by atoms with Crippen LogP contribution >= 0.6 is 11.6 Å². The molecule has 4 nitrogen and oxygen atoms in total. The van der Waals surface area contributed by atoms with Crippen LogP contribution in [0.2, 0.25) is 5.02 Å². The Balaban J connectivity index is 1.94. The Kier molecular flexibility index (Phi) is 5.67. The molecule has 0 fully saturated rings. The van der Waals surface area contributed by atoms with Gasteiger partial charge >= 0.3 is 6.03 Å². The van der Waals surface area contributed by atoms with Crippen LogP contribution in [0, 0.1) is 0 Å². The second-order valence-corrected chi connectivity index (χ2v) is 5.27. The fourth-order valence-electron chi connectivity index (χ4n) is 2.03. The summed E-state index contributed by atoms with van der Waals surface area (Å²) < 4.78 is 5.41. The van der Waals surface area contributed by atoms with Gasteiger partial charge < -0.3 is 15.4 Å². The SMILES string of the molecule is CCOc1cccc(NC(=O)NC(C)c2ccc(Cl)cc2)c1. The smallest absolute Gasteiger partial charge is 0.319 e. The van der Waals surface area contributed by atoms with Gasteiger partial charge in [0.2, 0.25) is 0 Å². The first-order valence-electron chi connectivity index (χ1n) is 7.14. The molecule has 0 radical (unpaired) electrons. The predicted octanol–water partition coefficient (Wildman–Crippen LogP) is 4.62. The molecule has 5 heteroatoms. The van der Waals surface area contributed by atoms with E-state index in [-0.39, 0.29) is 12.1 Å². The van der Waals surface area contributed by atoms with Crippen molar-refractivity contribution in [3.8, 4) is 5.75 Å². The van der Waals surface area contributed by atoms with E-state index >= 15 is 0 Å².